The highest BCUT2D eigenvalue weighted by molar-refractivity contribution is 7.99. The second-order valence-corrected chi connectivity index (χ2v) is 4.32. The van der Waals surface area contributed by atoms with Crippen LogP contribution < -0.4 is 10.6 Å². The molecule has 5 heteroatoms. The minimum atomic E-state index is -0.360. The van der Waals surface area contributed by atoms with Crippen LogP contribution in [0.2, 0.25) is 0 Å². The van der Waals surface area contributed by atoms with E-state index in [4.69, 9.17) is 5.73 Å². The fraction of sp³-hybridized carbons (Fsp3) is 0.300. The van der Waals surface area contributed by atoms with Gasteiger partial charge in [-0.25, -0.2) is 4.39 Å². The van der Waals surface area contributed by atoms with Crippen LogP contribution in [0.3, 0.4) is 0 Å². The molecule has 0 fully saturated rings. The lowest BCUT2D eigenvalue weighted by atomic mass is 10.2. The molecule has 1 aromatic carbocycles. The maximum absolute atomic E-state index is 13.6. The zero-order valence-corrected chi connectivity index (χ0v) is 8.89. The van der Waals surface area contributed by atoms with E-state index in [0.717, 1.165) is 10.6 Å². The number of hydrogen-bond acceptors (Lipinski definition) is 3. The summed E-state index contributed by atoms with van der Waals surface area (Å²) in [4.78, 5) is 13.7. The Morgan fingerprint density at radius 3 is 3.13 bits per heavy atom. The number of anilines is 1. The van der Waals surface area contributed by atoms with Gasteiger partial charge in [-0.3, -0.25) is 4.79 Å². The second kappa shape index (κ2) is 4.20. The largest absolute Gasteiger partial charge is 0.322 e. The summed E-state index contributed by atoms with van der Waals surface area (Å²) in [5.41, 5.74) is 5.67. The Bertz CT molecular complexity index is 397. The number of nitrogens with zero attached hydrogens (tertiary/aromatic N) is 1. The molecule has 1 aliphatic rings. The third kappa shape index (κ3) is 1.85. The first-order chi connectivity index (χ1) is 7.24. The van der Waals surface area contributed by atoms with Crippen LogP contribution in [-0.4, -0.2) is 24.7 Å². The van der Waals surface area contributed by atoms with Crippen LogP contribution in [0.5, 0.6) is 0 Å². The summed E-state index contributed by atoms with van der Waals surface area (Å²) in [6.07, 6.45) is 0. The number of halogens is 1. The third-order valence-corrected chi connectivity index (χ3v) is 3.29. The Morgan fingerprint density at radius 2 is 2.40 bits per heavy atom. The number of amides is 1. The molecular formula is C10H11FN2OS. The minimum Gasteiger partial charge on any atom is -0.322 e. The van der Waals surface area contributed by atoms with Crippen LogP contribution in [0.4, 0.5) is 10.1 Å². The van der Waals surface area contributed by atoms with Gasteiger partial charge >= 0.3 is 0 Å². The Labute approximate surface area is 91.4 Å². The lowest BCUT2D eigenvalue weighted by Crippen LogP contribution is -2.40. The molecule has 1 heterocycles. The smallest absolute Gasteiger partial charge is 0.240 e. The number of benzene rings is 1. The molecule has 0 saturated heterocycles. The average Bonchev–Trinajstić information content (AvgIpc) is 2.28. The summed E-state index contributed by atoms with van der Waals surface area (Å²) in [7, 11) is 0. The van der Waals surface area contributed by atoms with E-state index in [-0.39, 0.29) is 18.3 Å². The van der Waals surface area contributed by atoms with E-state index in [0.29, 0.717) is 12.2 Å². The molecular weight excluding hydrogens is 215 g/mol. The highest BCUT2D eigenvalue weighted by Gasteiger charge is 2.24. The first-order valence-corrected chi connectivity index (χ1v) is 5.64. The molecule has 0 unspecified atom stereocenters. The number of fused-ring (bicyclic) bond motifs is 1. The third-order valence-electron chi connectivity index (χ3n) is 2.27. The predicted molar refractivity (Wildman–Crippen MR) is 58.5 cm³/mol. The normalized spacial score (nSPS) is 14.9. The average molecular weight is 226 g/mol. The lowest BCUT2D eigenvalue weighted by Gasteiger charge is -2.28. The first kappa shape index (κ1) is 10.4. The van der Waals surface area contributed by atoms with Gasteiger partial charge in [0.15, 0.2) is 0 Å². The van der Waals surface area contributed by atoms with Crippen LogP contribution >= 0.6 is 11.8 Å². The van der Waals surface area contributed by atoms with Crippen LogP contribution in [0.15, 0.2) is 23.1 Å². The highest BCUT2D eigenvalue weighted by Crippen LogP contribution is 2.36. The molecule has 0 bridgehead atoms. The van der Waals surface area contributed by atoms with Gasteiger partial charge in [0.05, 0.1) is 12.2 Å². The summed E-state index contributed by atoms with van der Waals surface area (Å²) < 4.78 is 13.6. The molecule has 1 aromatic rings. The molecule has 1 aliphatic heterocycles. The van der Waals surface area contributed by atoms with Crippen molar-refractivity contribution in [3.63, 3.8) is 0 Å². The number of thioether (sulfide) groups is 1. The van der Waals surface area contributed by atoms with Crippen LogP contribution in [-0.2, 0) is 4.79 Å². The molecule has 0 saturated carbocycles. The van der Waals surface area contributed by atoms with Crippen LogP contribution in [0.1, 0.15) is 0 Å². The number of para-hydroxylation sites is 1. The number of hydrogen-bond donors (Lipinski definition) is 1. The van der Waals surface area contributed by atoms with Gasteiger partial charge in [0.1, 0.15) is 5.82 Å². The maximum atomic E-state index is 13.6. The van der Waals surface area contributed by atoms with Crippen molar-refractivity contribution in [2.45, 2.75) is 4.90 Å². The van der Waals surface area contributed by atoms with Crippen molar-refractivity contribution in [2.24, 2.45) is 5.73 Å². The standard InChI is InChI=1S/C10H11FN2OS/c11-7-2-1-3-8-10(7)13(4-5-15-8)9(14)6-12/h1-3H,4-6,12H2. The topological polar surface area (TPSA) is 46.3 Å². The van der Waals surface area contributed by atoms with Gasteiger partial charge < -0.3 is 10.6 Å². The summed E-state index contributed by atoms with van der Waals surface area (Å²) in [5, 5.41) is 0. The van der Waals surface area contributed by atoms with Crippen molar-refractivity contribution < 1.29 is 9.18 Å². The molecule has 3 nitrogen and oxygen atoms in total. The Morgan fingerprint density at radius 1 is 1.60 bits per heavy atom. The van der Waals surface area contributed by atoms with Crippen molar-refractivity contribution in [1.82, 2.24) is 0 Å². The number of rotatable bonds is 1. The highest BCUT2D eigenvalue weighted by atomic mass is 32.2. The SMILES string of the molecule is NCC(=O)N1CCSc2cccc(F)c21. The van der Waals surface area contributed by atoms with E-state index in [1.54, 1.807) is 17.8 Å². The Hall–Kier alpha value is -1.07. The quantitative estimate of drug-likeness (QED) is 0.783. The van der Waals surface area contributed by atoms with E-state index in [1.165, 1.54) is 11.0 Å². The predicted octanol–water partition coefficient (Wildman–Crippen LogP) is 1.22. The Kier molecular flexibility index (Phi) is 2.93. The van der Waals surface area contributed by atoms with Crippen LogP contribution in [0, 0.1) is 5.82 Å². The minimum absolute atomic E-state index is 0.0849. The first-order valence-electron chi connectivity index (χ1n) is 4.66. The Balaban J connectivity index is 2.45. The van der Waals surface area contributed by atoms with E-state index >= 15 is 0 Å². The van der Waals surface area contributed by atoms with Crippen molar-refractivity contribution in [1.29, 1.82) is 0 Å². The summed E-state index contributed by atoms with van der Waals surface area (Å²) in [6, 6.07) is 4.83. The molecule has 2 rings (SSSR count). The van der Waals surface area contributed by atoms with Gasteiger partial charge in [-0.15, -0.1) is 11.8 Å². The number of carbonyl (C=O) groups is 1. The van der Waals surface area contributed by atoms with E-state index in [1.807, 2.05) is 6.07 Å². The molecule has 0 aliphatic carbocycles. The van der Waals surface area contributed by atoms with Crippen LogP contribution in [0.25, 0.3) is 0 Å². The zero-order chi connectivity index (χ0) is 10.8. The number of nitrogens with two attached hydrogens (primary N) is 1. The summed E-state index contributed by atoms with van der Waals surface area (Å²) >= 11 is 1.56. The monoisotopic (exact) mass is 226 g/mol. The molecule has 80 valence electrons. The van der Waals surface area contributed by atoms with E-state index < -0.39 is 0 Å². The molecule has 0 aromatic heterocycles. The molecule has 0 radical (unpaired) electrons. The number of carbonyl (C=O) groups excluding carboxylic acids is 1. The molecule has 0 spiro atoms. The van der Waals surface area contributed by atoms with Gasteiger partial charge in [0, 0.05) is 17.2 Å². The van der Waals surface area contributed by atoms with Crippen molar-refractivity contribution in [2.75, 3.05) is 23.7 Å². The maximum Gasteiger partial charge on any atom is 0.240 e. The summed E-state index contributed by atoms with van der Waals surface area (Å²) in [6.45, 7) is 0.438. The second-order valence-electron chi connectivity index (χ2n) is 3.18. The van der Waals surface area contributed by atoms with E-state index in [2.05, 4.69) is 0 Å². The van der Waals surface area contributed by atoms with E-state index in [9.17, 15) is 9.18 Å². The fourth-order valence-corrected chi connectivity index (χ4v) is 2.61. The van der Waals surface area contributed by atoms with Gasteiger partial charge in [0.25, 0.3) is 0 Å². The molecule has 2 N–H and O–H groups in total. The molecule has 1 amide bonds. The molecule has 0 atom stereocenters. The van der Waals surface area contributed by atoms with Crippen molar-refractivity contribution in [3.8, 4) is 0 Å². The lowest BCUT2D eigenvalue weighted by molar-refractivity contribution is -0.117. The van der Waals surface area contributed by atoms with Gasteiger partial charge in [-0.1, -0.05) is 6.07 Å². The fourth-order valence-electron chi connectivity index (χ4n) is 1.59. The van der Waals surface area contributed by atoms with Gasteiger partial charge in [0.2, 0.25) is 5.91 Å². The zero-order valence-electron chi connectivity index (χ0n) is 8.07. The van der Waals surface area contributed by atoms with Crippen molar-refractivity contribution >= 4 is 23.4 Å². The van der Waals surface area contributed by atoms with Crippen molar-refractivity contribution in [3.05, 3.63) is 24.0 Å². The van der Waals surface area contributed by atoms with Gasteiger partial charge in [-0.2, -0.15) is 0 Å². The van der Waals surface area contributed by atoms with Gasteiger partial charge in [-0.05, 0) is 12.1 Å². The molecule has 15 heavy (non-hydrogen) atoms. The summed E-state index contributed by atoms with van der Waals surface area (Å²) in [5.74, 6) is 0.186.